The van der Waals surface area contributed by atoms with Crippen LogP contribution in [0.25, 0.3) is 0 Å². The molecule has 282 valence electrons. The second kappa shape index (κ2) is 16.4. The van der Waals surface area contributed by atoms with Crippen molar-refractivity contribution in [3.8, 4) is 0 Å². The number of carbonyl (C=O) groups is 6. The minimum absolute atomic E-state index is 0.0260. The van der Waals surface area contributed by atoms with E-state index < -0.39 is 47.2 Å². The second-order valence-corrected chi connectivity index (χ2v) is 17.6. The van der Waals surface area contributed by atoms with Gasteiger partial charge >= 0.3 is 6.03 Å². The Morgan fingerprint density at radius 2 is 1.56 bits per heavy atom. The number of nitrogens with one attached hydrogen (secondary N) is 4. The van der Waals surface area contributed by atoms with Gasteiger partial charge in [-0.2, -0.15) is 0 Å². The first-order valence-electron chi connectivity index (χ1n) is 19.2. The Morgan fingerprint density at radius 3 is 2.16 bits per heavy atom. The number of nitrogens with zero attached hydrogens (tertiary/aromatic N) is 2. The average Bonchev–Trinajstić information content (AvgIpc) is 3.71. The van der Waals surface area contributed by atoms with Gasteiger partial charge in [0.2, 0.25) is 23.5 Å². The van der Waals surface area contributed by atoms with E-state index in [0.29, 0.717) is 51.7 Å². The van der Waals surface area contributed by atoms with E-state index in [2.05, 4.69) is 35.1 Å². The maximum atomic E-state index is 14.6. The molecule has 0 aromatic rings. The number of piperidine rings is 1. The standard InChI is InChI=1S/C38H64N6O6/c1-8-9-14-26(30(46)33(48)39-25-16-17-25)40-32(47)27-15-13-21-44(27)34(49)31(38(7)18-11-10-12-19-38)42-35(50)41-28(36(2,3)4)24-43-22-20-37(5,6)23-29(43)45/h25-28,31H,8-24H2,1-7H3,(H,39,48)(H,40,47)(H2,41,42,50)/t26?,27-,28+,31+/m0/s1. The summed E-state index contributed by atoms with van der Waals surface area (Å²) < 4.78 is 0. The zero-order chi connectivity index (χ0) is 36.9. The van der Waals surface area contributed by atoms with Crippen molar-refractivity contribution < 1.29 is 28.8 Å². The van der Waals surface area contributed by atoms with Gasteiger partial charge in [0, 0.05) is 32.1 Å². The Balaban J connectivity index is 1.49. The fourth-order valence-corrected chi connectivity index (χ4v) is 7.69. The number of Topliss-reactive ketones (excluding diaryl/α,β-unsaturated/α-hetero) is 1. The molecular formula is C38H64N6O6. The Morgan fingerprint density at radius 1 is 0.880 bits per heavy atom. The first kappa shape index (κ1) is 39.6. The van der Waals surface area contributed by atoms with E-state index in [-0.39, 0.29) is 34.7 Å². The van der Waals surface area contributed by atoms with E-state index in [1.165, 1.54) is 0 Å². The fourth-order valence-electron chi connectivity index (χ4n) is 7.69. The summed E-state index contributed by atoms with van der Waals surface area (Å²) in [6.45, 7) is 15.7. The van der Waals surface area contributed by atoms with Crippen LogP contribution in [-0.2, 0) is 24.0 Å². The Hall–Kier alpha value is -3.18. The predicted molar refractivity (Wildman–Crippen MR) is 192 cm³/mol. The number of hydrogen-bond donors (Lipinski definition) is 4. The number of amides is 6. The van der Waals surface area contributed by atoms with Crippen LogP contribution in [-0.4, -0.2) is 95.1 Å². The van der Waals surface area contributed by atoms with E-state index >= 15 is 0 Å². The third-order valence-electron chi connectivity index (χ3n) is 11.5. The number of likely N-dealkylation sites (tertiary alicyclic amines) is 2. The lowest BCUT2D eigenvalue weighted by molar-refractivity contribution is -0.144. The van der Waals surface area contributed by atoms with E-state index in [9.17, 15) is 28.8 Å². The summed E-state index contributed by atoms with van der Waals surface area (Å²) in [5.74, 6) is -1.98. The molecule has 0 bridgehead atoms. The van der Waals surface area contributed by atoms with Crippen molar-refractivity contribution in [3.63, 3.8) is 0 Å². The summed E-state index contributed by atoms with van der Waals surface area (Å²) in [6.07, 6.45) is 10.4. The molecule has 6 amide bonds. The summed E-state index contributed by atoms with van der Waals surface area (Å²) in [7, 11) is 0. The van der Waals surface area contributed by atoms with Crippen molar-refractivity contribution >= 4 is 35.4 Å². The van der Waals surface area contributed by atoms with E-state index in [1.54, 1.807) is 4.90 Å². The zero-order valence-corrected chi connectivity index (χ0v) is 31.8. The van der Waals surface area contributed by atoms with E-state index in [4.69, 9.17) is 0 Å². The largest absolute Gasteiger partial charge is 0.347 e. The number of carbonyl (C=O) groups excluding carboxylic acids is 6. The van der Waals surface area contributed by atoms with Gasteiger partial charge in [-0.3, -0.25) is 24.0 Å². The Kier molecular flexibility index (Phi) is 13.0. The van der Waals surface area contributed by atoms with Crippen LogP contribution in [0.5, 0.6) is 0 Å². The summed E-state index contributed by atoms with van der Waals surface area (Å²) >= 11 is 0. The molecule has 4 rings (SSSR count). The zero-order valence-electron chi connectivity index (χ0n) is 31.8. The van der Waals surface area contributed by atoms with Crippen LogP contribution in [0, 0.1) is 16.2 Å². The minimum atomic E-state index is -0.957. The van der Waals surface area contributed by atoms with Crippen LogP contribution in [0.3, 0.4) is 0 Å². The lowest BCUT2D eigenvalue weighted by Crippen LogP contribution is -2.63. The van der Waals surface area contributed by atoms with Crippen LogP contribution in [0.2, 0.25) is 0 Å². The first-order valence-corrected chi connectivity index (χ1v) is 19.2. The van der Waals surface area contributed by atoms with Crippen molar-refractivity contribution in [2.45, 2.75) is 169 Å². The molecule has 0 radical (unpaired) electrons. The number of ketones is 1. The van der Waals surface area contributed by atoms with E-state index in [1.807, 2.05) is 39.5 Å². The Labute approximate surface area is 299 Å². The molecule has 0 aromatic heterocycles. The third-order valence-corrected chi connectivity index (χ3v) is 11.5. The molecule has 2 saturated heterocycles. The second-order valence-electron chi connectivity index (χ2n) is 17.6. The number of hydrogen-bond acceptors (Lipinski definition) is 6. The van der Waals surface area contributed by atoms with Crippen molar-refractivity contribution in [1.82, 2.24) is 31.1 Å². The highest BCUT2D eigenvalue weighted by molar-refractivity contribution is 6.38. The van der Waals surface area contributed by atoms with Gasteiger partial charge in [-0.05, 0) is 67.6 Å². The van der Waals surface area contributed by atoms with Crippen LogP contribution in [0.1, 0.15) is 138 Å². The monoisotopic (exact) mass is 700 g/mol. The van der Waals surface area contributed by atoms with E-state index in [0.717, 1.165) is 57.8 Å². The van der Waals surface area contributed by atoms with Crippen LogP contribution >= 0.6 is 0 Å². The molecule has 4 fully saturated rings. The first-order chi connectivity index (χ1) is 23.4. The molecule has 2 saturated carbocycles. The topological polar surface area (TPSA) is 157 Å². The molecule has 0 aromatic carbocycles. The molecule has 4 N–H and O–H groups in total. The number of rotatable bonds is 14. The van der Waals surface area contributed by atoms with Crippen molar-refractivity contribution in [3.05, 3.63) is 0 Å². The van der Waals surface area contributed by atoms with Crippen molar-refractivity contribution in [2.75, 3.05) is 19.6 Å². The van der Waals surface area contributed by atoms with Crippen LogP contribution < -0.4 is 21.3 Å². The highest BCUT2D eigenvalue weighted by atomic mass is 16.2. The molecule has 4 atom stereocenters. The number of unbranched alkanes of at least 4 members (excludes halogenated alkanes) is 1. The average molecular weight is 701 g/mol. The predicted octanol–water partition coefficient (Wildman–Crippen LogP) is 4.20. The molecule has 12 nitrogen and oxygen atoms in total. The smallest absolute Gasteiger partial charge is 0.315 e. The summed E-state index contributed by atoms with van der Waals surface area (Å²) in [6, 6.07) is -3.42. The van der Waals surface area contributed by atoms with Gasteiger partial charge in [-0.1, -0.05) is 80.6 Å². The lowest BCUT2D eigenvalue weighted by atomic mass is 9.70. The van der Waals surface area contributed by atoms with Crippen LogP contribution in [0.15, 0.2) is 0 Å². The quantitative estimate of drug-likeness (QED) is 0.199. The lowest BCUT2D eigenvalue weighted by Gasteiger charge is -2.43. The third kappa shape index (κ3) is 10.4. The highest BCUT2D eigenvalue weighted by Gasteiger charge is 2.47. The van der Waals surface area contributed by atoms with Gasteiger partial charge in [0.1, 0.15) is 12.1 Å². The van der Waals surface area contributed by atoms with Crippen molar-refractivity contribution in [1.29, 1.82) is 0 Å². The van der Waals surface area contributed by atoms with Gasteiger partial charge in [0.15, 0.2) is 0 Å². The van der Waals surface area contributed by atoms with Gasteiger partial charge in [0.05, 0.1) is 12.1 Å². The maximum Gasteiger partial charge on any atom is 0.315 e. The molecule has 50 heavy (non-hydrogen) atoms. The van der Waals surface area contributed by atoms with Gasteiger partial charge < -0.3 is 31.1 Å². The molecule has 2 aliphatic heterocycles. The van der Waals surface area contributed by atoms with Crippen molar-refractivity contribution in [2.24, 2.45) is 16.2 Å². The SMILES string of the molecule is CCCCC(NC(=O)[C@@H]1CCCN1C(=O)[C@@H](NC(=O)N[C@H](CN1CCC(C)(C)CC1=O)C(C)(C)C)C1(C)CCCCC1)C(=O)C(=O)NC1CC1. The molecule has 2 heterocycles. The maximum absolute atomic E-state index is 14.6. The molecule has 4 aliphatic rings. The minimum Gasteiger partial charge on any atom is -0.347 e. The highest BCUT2D eigenvalue weighted by Crippen LogP contribution is 2.40. The fraction of sp³-hybridized carbons (Fsp3) is 0.842. The molecule has 12 heteroatoms. The normalized spacial score (nSPS) is 23.7. The summed E-state index contributed by atoms with van der Waals surface area (Å²) in [5.41, 5.74) is -0.916. The summed E-state index contributed by atoms with van der Waals surface area (Å²) in [5, 5.41) is 11.8. The summed E-state index contributed by atoms with van der Waals surface area (Å²) in [4.78, 5) is 84.4. The Bertz CT molecular complexity index is 1270. The number of urea groups is 1. The molecule has 2 aliphatic carbocycles. The molecular weight excluding hydrogens is 636 g/mol. The molecule has 1 unspecified atom stereocenters. The van der Waals surface area contributed by atoms with Gasteiger partial charge in [-0.25, -0.2) is 4.79 Å². The van der Waals surface area contributed by atoms with Gasteiger partial charge in [-0.15, -0.1) is 0 Å². The van der Waals surface area contributed by atoms with Crippen LogP contribution in [0.4, 0.5) is 4.79 Å². The van der Waals surface area contributed by atoms with Gasteiger partial charge in [0.25, 0.3) is 5.91 Å². The molecule has 0 spiro atoms.